The SMILES string of the molecule is COc1ccc(OC)c(NC(=O)CCN2CC(Oc3ccc(F)cc3)C2)c1. The number of ether oxygens (including phenoxy) is 3. The van der Waals surface area contributed by atoms with Crippen LogP contribution in [0.1, 0.15) is 6.42 Å². The molecule has 2 aromatic rings. The zero-order chi connectivity index (χ0) is 19.2. The fourth-order valence-electron chi connectivity index (χ4n) is 2.87. The van der Waals surface area contributed by atoms with Gasteiger partial charge in [0.25, 0.3) is 0 Å². The molecular weight excluding hydrogens is 351 g/mol. The van der Waals surface area contributed by atoms with E-state index in [-0.39, 0.29) is 17.8 Å². The number of carbonyl (C=O) groups is 1. The summed E-state index contributed by atoms with van der Waals surface area (Å²) in [6.45, 7) is 2.13. The van der Waals surface area contributed by atoms with Crippen molar-refractivity contribution in [3.05, 3.63) is 48.3 Å². The van der Waals surface area contributed by atoms with Gasteiger partial charge in [0.1, 0.15) is 29.2 Å². The van der Waals surface area contributed by atoms with Gasteiger partial charge < -0.3 is 19.5 Å². The lowest BCUT2D eigenvalue weighted by Crippen LogP contribution is -2.54. The highest BCUT2D eigenvalue weighted by atomic mass is 19.1. The van der Waals surface area contributed by atoms with Crippen molar-refractivity contribution >= 4 is 11.6 Å². The molecule has 0 saturated carbocycles. The molecule has 0 aromatic heterocycles. The summed E-state index contributed by atoms with van der Waals surface area (Å²) in [5.41, 5.74) is 0.586. The van der Waals surface area contributed by atoms with Crippen LogP contribution in [0, 0.1) is 5.82 Å². The smallest absolute Gasteiger partial charge is 0.225 e. The third-order valence-corrected chi connectivity index (χ3v) is 4.38. The largest absolute Gasteiger partial charge is 0.497 e. The van der Waals surface area contributed by atoms with Crippen LogP contribution in [0.5, 0.6) is 17.2 Å². The highest BCUT2D eigenvalue weighted by Crippen LogP contribution is 2.29. The second kappa shape index (κ2) is 8.73. The molecule has 0 radical (unpaired) electrons. The lowest BCUT2D eigenvalue weighted by atomic mass is 10.1. The Kier molecular flexibility index (Phi) is 6.13. The van der Waals surface area contributed by atoms with Gasteiger partial charge in [0, 0.05) is 32.1 Å². The van der Waals surface area contributed by atoms with E-state index in [1.54, 1.807) is 44.6 Å². The molecule has 7 heteroatoms. The number of anilines is 1. The Labute approximate surface area is 157 Å². The van der Waals surface area contributed by atoms with Crippen molar-refractivity contribution in [2.24, 2.45) is 0 Å². The number of nitrogens with one attached hydrogen (secondary N) is 1. The lowest BCUT2D eigenvalue weighted by molar-refractivity contribution is -0.117. The molecule has 27 heavy (non-hydrogen) atoms. The molecule has 3 rings (SSSR count). The predicted octanol–water partition coefficient (Wildman–Crippen LogP) is 2.93. The number of methoxy groups -OCH3 is 2. The third-order valence-electron chi connectivity index (χ3n) is 4.38. The van der Waals surface area contributed by atoms with Gasteiger partial charge in [0.15, 0.2) is 0 Å². The number of likely N-dealkylation sites (tertiary alicyclic amines) is 1. The first-order chi connectivity index (χ1) is 13.1. The van der Waals surface area contributed by atoms with Crippen molar-refractivity contribution in [2.45, 2.75) is 12.5 Å². The fourth-order valence-corrected chi connectivity index (χ4v) is 2.87. The Morgan fingerprint density at radius 3 is 2.48 bits per heavy atom. The van der Waals surface area contributed by atoms with Gasteiger partial charge in [-0.2, -0.15) is 0 Å². The van der Waals surface area contributed by atoms with Crippen molar-refractivity contribution in [1.82, 2.24) is 4.90 Å². The minimum absolute atomic E-state index is 0.0667. The van der Waals surface area contributed by atoms with Gasteiger partial charge in [-0.05, 0) is 36.4 Å². The summed E-state index contributed by atoms with van der Waals surface area (Å²) in [7, 11) is 3.13. The molecule has 1 fully saturated rings. The van der Waals surface area contributed by atoms with Crippen LogP contribution in [-0.2, 0) is 4.79 Å². The molecule has 1 saturated heterocycles. The Morgan fingerprint density at radius 2 is 1.81 bits per heavy atom. The summed E-state index contributed by atoms with van der Waals surface area (Å²) in [5, 5.41) is 2.86. The molecule has 0 atom stereocenters. The van der Waals surface area contributed by atoms with Gasteiger partial charge in [-0.3, -0.25) is 9.69 Å². The van der Waals surface area contributed by atoms with E-state index in [2.05, 4.69) is 10.2 Å². The Bertz CT molecular complexity index is 776. The average Bonchev–Trinajstić information content (AvgIpc) is 2.64. The minimum atomic E-state index is -0.281. The minimum Gasteiger partial charge on any atom is -0.497 e. The van der Waals surface area contributed by atoms with E-state index < -0.39 is 0 Å². The van der Waals surface area contributed by atoms with E-state index in [1.807, 2.05) is 0 Å². The highest BCUT2D eigenvalue weighted by Gasteiger charge is 2.28. The molecule has 1 aliphatic heterocycles. The van der Waals surface area contributed by atoms with Crippen LogP contribution in [0.25, 0.3) is 0 Å². The molecule has 0 unspecified atom stereocenters. The van der Waals surface area contributed by atoms with Crippen LogP contribution in [0.4, 0.5) is 10.1 Å². The number of benzene rings is 2. The maximum atomic E-state index is 12.9. The fraction of sp³-hybridized carbons (Fsp3) is 0.350. The molecule has 2 aromatic carbocycles. The summed E-state index contributed by atoms with van der Waals surface area (Å²) in [6.07, 6.45) is 0.431. The summed E-state index contributed by atoms with van der Waals surface area (Å²) in [5.74, 6) is 1.51. The number of rotatable bonds is 8. The van der Waals surface area contributed by atoms with E-state index in [4.69, 9.17) is 14.2 Å². The number of halogens is 1. The molecule has 6 nitrogen and oxygen atoms in total. The summed E-state index contributed by atoms with van der Waals surface area (Å²) < 4.78 is 29.1. The van der Waals surface area contributed by atoms with Gasteiger partial charge >= 0.3 is 0 Å². The zero-order valence-corrected chi connectivity index (χ0v) is 15.4. The van der Waals surface area contributed by atoms with Crippen LogP contribution in [0.15, 0.2) is 42.5 Å². The van der Waals surface area contributed by atoms with Crippen LogP contribution in [0.2, 0.25) is 0 Å². The first kappa shape index (κ1) is 19.0. The second-order valence-corrected chi connectivity index (χ2v) is 6.32. The van der Waals surface area contributed by atoms with Crippen LogP contribution in [0.3, 0.4) is 0 Å². The first-order valence-electron chi connectivity index (χ1n) is 8.74. The number of hydrogen-bond donors (Lipinski definition) is 1. The van der Waals surface area contributed by atoms with Crippen LogP contribution in [-0.4, -0.2) is 50.8 Å². The number of carbonyl (C=O) groups excluding carboxylic acids is 1. The Morgan fingerprint density at radius 1 is 1.11 bits per heavy atom. The standard InChI is InChI=1S/C20H23FN2O4/c1-25-16-7-8-19(26-2)18(11-16)22-20(24)9-10-23-12-17(13-23)27-15-5-3-14(21)4-6-15/h3-8,11,17H,9-10,12-13H2,1-2H3,(H,22,24). The van der Waals surface area contributed by atoms with Gasteiger partial charge in [0.05, 0.1) is 19.9 Å². The Balaban J connectivity index is 1.41. The van der Waals surface area contributed by atoms with E-state index in [1.165, 1.54) is 12.1 Å². The molecule has 0 aliphatic carbocycles. The highest BCUT2D eigenvalue weighted by molar-refractivity contribution is 5.92. The summed E-state index contributed by atoms with van der Waals surface area (Å²) in [6, 6.07) is 11.2. The lowest BCUT2D eigenvalue weighted by Gasteiger charge is -2.38. The van der Waals surface area contributed by atoms with Gasteiger partial charge in [-0.1, -0.05) is 0 Å². The van der Waals surface area contributed by atoms with Crippen molar-refractivity contribution in [1.29, 1.82) is 0 Å². The number of amides is 1. The quantitative estimate of drug-likeness (QED) is 0.770. The topological polar surface area (TPSA) is 60.0 Å². The average molecular weight is 374 g/mol. The van der Waals surface area contributed by atoms with Crippen molar-refractivity contribution in [3.8, 4) is 17.2 Å². The second-order valence-electron chi connectivity index (χ2n) is 6.32. The molecule has 1 N–H and O–H groups in total. The molecular formula is C20H23FN2O4. The van der Waals surface area contributed by atoms with Gasteiger partial charge in [0.2, 0.25) is 5.91 Å². The molecule has 1 aliphatic rings. The molecule has 1 heterocycles. The number of nitrogens with zero attached hydrogens (tertiary/aromatic N) is 1. The molecule has 1 amide bonds. The van der Waals surface area contributed by atoms with Crippen molar-refractivity contribution in [3.63, 3.8) is 0 Å². The summed E-state index contributed by atoms with van der Waals surface area (Å²) in [4.78, 5) is 14.4. The molecule has 144 valence electrons. The monoisotopic (exact) mass is 374 g/mol. The zero-order valence-electron chi connectivity index (χ0n) is 15.4. The van der Waals surface area contributed by atoms with Crippen molar-refractivity contribution < 1.29 is 23.4 Å². The van der Waals surface area contributed by atoms with Crippen LogP contribution >= 0.6 is 0 Å². The normalized spacial score (nSPS) is 14.3. The van der Waals surface area contributed by atoms with E-state index in [0.29, 0.717) is 35.9 Å². The van der Waals surface area contributed by atoms with Gasteiger partial charge in [-0.25, -0.2) is 4.39 Å². The number of hydrogen-bond acceptors (Lipinski definition) is 5. The predicted molar refractivity (Wildman–Crippen MR) is 100 cm³/mol. The maximum absolute atomic E-state index is 12.9. The van der Waals surface area contributed by atoms with E-state index >= 15 is 0 Å². The van der Waals surface area contributed by atoms with E-state index in [0.717, 1.165) is 13.1 Å². The van der Waals surface area contributed by atoms with Gasteiger partial charge in [-0.15, -0.1) is 0 Å². The molecule has 0 bridgehead atoms. The maximum Gasteiger partial charge on any atom is 0.225 e. The summed E-state index contributed by atoms with van der Waals surface area (Å²) >= 11 is 0. The first-order valence-corrected chi connectivity index (χ1v) is 8.74. The third kappa shape index (κ3) is 5.10. The Hall–Kier alpha value is -2.80. The van der Waals surface area contributed by atoms with Crippen LogP contribution < -0.4 is 19.5 Å². The van der Waals surface area contributed by atoms with E-state index in [9.17, 15) is 9.18 Å². The molecule has 0 spiro atoms. The van der Waals surface area contributed by atoms with Crippen molar-refractivity contribution in [2.75, 3.05) is 39.2 Å².